The molecule has 0 saturated heterocycles. The Bertz CT molecular complexity index is 682. The third-order valence-corrected chi connectivity index (χ3v) is 5.59. The van der Waals surface area contributed by atoms with Gasteiger partial charge in [-0.2, -0.15) is 0 Å². The van der Waals surface area contributed by atoms with E-state index >= 15 is 0 Å². The molecule has 112 valence electrons. The highest BCUT2D eigenvalue weighted by atomic mass is 16.3. The van der Waals surface area contributed by atoms with Crippen LogP contribution in [0.2, 0.25) is 0 Å². The van der Waals surface area contributed by atoms with Crippen molar-refractivity contribution in [2.75, 3.05) is 20.6 Å². The van der Waals surface area contributed by atoms with Crippen molar-refractivity contribution < 1.29 is 9.52 Å². The van der Waals surface area contributed by atoms with Crippen LogP contribution in [-0.4, -0.2) is 36.2 Å². The summed E-state index contributed by atoms with van der Waals surface area (Å²) in [7, 11) is 4.20. The molecule has 4 rings (SSSR count). The predicted octanol–water partition coefficient (Wildman–Crippen LogP) is 3.09. The van der Waals surface area contributed by atoms with Crippen LogP contribution in [0, 0.1) is 0 Å². The lowest BCUT2D eigenvalue weighted by Gasteiger charge is -2.54. The van der Waals surface area contributed by atoms with Gasteiger partial charge in [-0.1, -0.05) is 25.0 Å². The van der Waals surface area contributed by atoms with Crippen molar-refractivity contribution in [1.29, 1.82) is 0 Å². The van der Waals surface area contributed by atoms with Crippen LogP contribution in [0.25, 0.3) is 11.0 Å². The van der Waals surface area contributed by atoms with Crippen molar-refractivity contribution in [2.45, 2.75) is 43.1 Å². The molecule has 2 aliphatic rings. The minimum absolute atomic E-state index is 0.167. The van der Waals surface area contributed by atoms with Crippen molar-refractivity contribution in [3.05, 3.63) is 35.6 Å². The predicted molar refractivity (Wildman–Crippen MR) is 83.6 cm³/mol. The molecule has 1 unspecified atom stereocenters. The molecule has 2 aliphatic carbocycles. The van der Waals surface area contributed by atoms with Gasteiger partial charge in [0.15, 0.2) is 0 Å². The first-order valence-electron chi connectivity index (χ1n) is 7.92. The second kappa shape index (κ2) is 4.34. The average molecular weight is 285 g/mol. The Morgan fingerprint density at radius 3 is 2.67 bits per heavy atom. The molecule has 1 fully saturated rings. The molecular weight excluding hydrogens is 262 g/mol. The highest BCUT2D eigenvalue weighted by molar-refractivity contribution is 5.85. The number of hydrogen-bond donors (Lipinski definition) is 1. The molecule has 0 bridgehead atoms. The smallest absolute Gasteiger partial charge is 0.138 e. The van der Waals surface area contributed by atoms with E-state index in [0.717, 1.165) is 49.6 Å². The Labute approximate surface area is 125 Å². The quantitative estimate of drug-likeness (QED) is 0.941. The molecule has 0 aliphatic heterocycles. The Morgan fingerprint density at radius 1 is 1.19 bits per heavy atom. The van der Waals surface area contributed by atoms with Crippen LogP contribution in [0.15, 0.2) is 28.9 Å². The van der Waals surface area contributed by atoms with E-state index in [-0.39, 0.29) is 5.41 Å². The van der Waals surface area contributed by atoms with Crippen LogP contribution in [0.4, 0.5) is 0 Å². The molecule has 1 atom stereocenters. The summed E-state index contributed by atoms with van der Waals surface area (Å²) in [6.45, 7) is 0.885. The zero-order valence-electron chi connectivity index (χ0n) is 12.9. The molecule has 3 nitrogen and oxygen atoms in total. The first kappa shape index (κ1) is 13.4. The number of benzene rings is 1. The topological polar surface area (TPSA) is 36.6 Å². The van der Waals surface area contributed by atoms with E-state index < -0.39 is 5.60 Å². The standard InChI is InChI=1S/C18H23NO2/c1-19(2)12-17(18(20)8-3-4-9-18)11-14-6-5-13-7-10-21-16(13)15(14)17/h5-7,10,20H,3-4,8-9,11-12H2,1-2H3. The number of rotatable bonds is 3. The van der Waals surface area contributed by atoms with Crippen LogP contribution in [-0.2, 0) is 11.8 Å². The molecule has 1 heterocycles. The van der Waals surface area contributed by atoms with Crippen molar-refractivity contribution >= 4 is 11.0 Å². The van der Waals surface area contributed by atoms with Gasteiger partial charge < -0.3 is 14.4 Å². The second-order valence-corrected chi connectivity index (χ2v) is 7.17. The maximum absolute atomic E-state index is 11.4. The van der Waals surface area contributed by atoms with Gasteiger partial charge in [0.05, 0.1) is 11.9 Å². The summed E-state index contributed by atoms with van der Waals surface area (Å²) in [5, 5.41) is 12.5. The monoisotopic (exact) mass is 285 g/mol. The van der Waals surface area contributed by atoms with Crippen molar-refractivity contribution in [3.8, 4) is 0 Å². The number of aliphatic hydroxyl groups is 1. The molecule has 21 heavy (non-hydrogen) atoms. The Hall–Kier alpha value is -1.32. The molecule has 1 saturated carbocycles. The normalized spacial score (nSPS) is 27.0. The van der Waals surface area contributed by atoms with Crippen LogP contribution in [0.5, 0.6) is 0 Å². The lowest BCUT2D eigenvalue weighted by molar-refractivity contribution is -0.0559. The number of fused-ring (bicyclic) bond motifs is 3. The summed E-state index contributed by atoms with van der Waals surface area (Å²) >= 11 is 0. The lowest BCUT2D eigenvalue weighted by Crippen LogP contribution is -2.61. The molecule has 0 amide bonds. The van der Waals surface area contributed by atoms with Crippen LogP contribution >= 0.6 is 0 Å². The summed E-state index contributed by atoms with van der Waals surface area (Å²) < 4.78 is 5.79. The first-order chi connectivity index (χ1) is 10.1. The van der Waals surface area contributed by atoms with Gasteiger partial charge in [-0.25, -0.2) is 0 Å². The third kappa shape index (κ3) is 1.68. The van der Waals surface area contributed by atoms with Gasteiger partial charge in [-0.3, -0.25) is 0 Å². The van der Waals surface area contributed by atoms with E-state index in [1.54, 1.807) is 6.26 Å². The number of hydrogen-bond acceptors (Lipinski definition) is 3. The van der Waals surface area contributed by atoms with Gasteiger partial charge in [0, 0.05) is 22.9 Å². The SMILES string of the molecule is CN(C)CC1(C2(O)CCCC2)Cc2ccc3ccoc3c21. The fourth-order valence-electron chi connectivity index (χ4n) is 4.71. The molecule has 2 aromatic rings. The molecule has 1 aromatic carbocycles. The second-order valence-electron chi connectivity index (χ2n) is 7.17. The van der Waals surface area contributed by atoms with E-state index in [1.807, 2.05) is 6.07 Å². The molecular formula is C18H23NO2. The fourth-order valence-corrected chi connectivity index (χ4v) is 4.71. The van der Waals surface area contributed by atoms with Crippen LogP contribution in [0.3, 0.4) is 0 Å². The highest BCUT2D eigenvalue weighted by Gasteiger charge is 2.59. The van der Waals surface area contributed by atoms with Gasteiger partial charge >= 0.3 is 0 Å². The first-order valence-corrected chi connectivity index (χ1v) is 7.92. The zero-order valence-corrected chi connectivity index (χ0v) is 12.9. The number of nitrogens with zero attached hydrogens (tertiary/aromatic N) is 1. The minimum Gasteiger partial charge on any atom is -0.464 e. The van der Waals surface area contributed by atoms with Gasteiger partial charge in [-0.15, -0.1) is 0 Å². The van der Waals surface area contributed by atoms with E-state index in [1.165, 1.54) is 11.1 Å². The highest BCUT2D eigenvalue weighted by Crippen LogP contribution is 2.56. The molecule has 0 radical (unpaired) electrons. The van der Waals surface area contributed by atoms with Crippen molar-refractivity contribution in [2.24, 2.45) is 0 Å². The van der Waals surface area contributed by atoms with Gasteiger partial charge in [-0.05, 0) is 45.0 Å². The minimum atomic E-state index is -0.578. The lowest BCUT2D eigenvalue weighted by atomic mass is 9.54. The van der Waals surface area contributed by atoms with Gasteiger partial charge in [0.2, 0.25) is 0 Å². The van der Waals surface area contributed by atoms with Gasteiger partial charge in [0.1, 0.15) is 5.58 Å². The summed E-state index contributed by atoms with van der Waals surface area (Å²) in [5.74, 6) is 0. The maximum atomic E-state index is 11.4. The largest absolute Gasteiger partial charge is 0.464 e. The Kier molecular flexibility index (Phi) is 2.76. The van der Waals surface area contributed by atoms with E-state index in [0.29, 0.717) is 0 Å². The molecule has 1 aromatic heterocycles. The van der Waals surface area contributed by atoms with Crippen molar-refractivity contribution in [3.63, 3.8) is 0 Å². The third-order valence-electron chi connectivity index (χ3n) is 5.59. The Balaban J connectivity index is 1.91. The number of furan rings is 1. The summed E-state index contributed by atoms with van der Waals surface area (Å²) in [6.07, 6.45) is 6.83. The fraction of sp³-hybridized carbons (Fsp3) is 0.556. The van der Waals surface area contributed by atoms with Gasteiger partial charge in [0.25, 0.3) is 0 Å². The number of likely N-dealkylation sites (N-methyl/N-ethyl adjacent to an activating group) is 1. The Morgan fingerprint density at radius 2 is 1.95 bits per heavy atom. The van der Waals surface area contributed by atoms with E-state index in [9.17, 15) is 5.11 Å². The van der Waals surface area contributed by atoms with E-state index in [4.69, 9.17) is 4.42 Å². The van der Waals surface area contributed by atoms with E-state index in [2.05, 4.69) is 31.1 Å². The summed E-state index contributed by atoms with van der Waals surface area (Å²) in [6, 6.07) is 6.36. The zero-order chi connectivity index (χ0) is 14.7. The molecule has 1 N–H and O–H groups in total. The van der Waals surface area contributed by atoms with Crippen LogP contribution < -0.4 is 0 Å². The molecule has 0 spiro atoms. The average Bonchev–Trinajstić information content (AvgIpc) is 3.03. The molecule has 3 heteroatoms. The van der Waals surface area contributed by atoms with Crippen molar-refractivity contribution in [1.82, 2.24) is 4.90 Å². The summed E-state index contributed by atoms with van der Waals surface area (Å²) in [4.78, 5) is 2.21. The van der Waals surface area contributed by atoms with Crippen LogP contribution in [0.1, 0.15) is 36.8 Å². The summed E-state index contributed by atoms with van der Waals surface area (Å²) in [5.41, 5.74) is 2.86. The maximum Gasteiger partial charge on any atom is 0.138 e.